The van der Waals surface area contributed by atoms with Crippen molar-refractivity contribution in [3.8, 4) is 11.3 Å². The van der Waals surface area contributed by atoms with Gasteiger partial charge in [-0.3, -0.25) is 9.69 Å². The predicted molar refractivity (Wildman–Crippen MR) is 129 cm³/mol. The van der Waals surface area contributed by atoms with E-state index in [-0.39, 0.29) is 5.91 Å². The number of piperazine rings is 1. The minimum Gasteiger partial charge on any atom is -0.356 e. The van der Waals surface area contributed by atoms with Gasteiger partial charge in [0.25, 0.3) is 0 Å². The van der Waals surface area contributed by atoms with E-state index in [0.29, 0.717) is 13.0 Å². The molecule has 2 aromatic heterocycles. The fourth-order valence-electron chi connectivity index (χ4n) is 3.89. The van der Waals surface area contributed by atoms with Crippen LogP contribution in [0.5, 0.6) is 0 Å². The summed E-state index contributed by atoms with van der Waals surface area (Å²) < 4.78 is 0. The highest BCUT2D eigenvalue weighted by molar-refractivity contribution is 7.12. The van der Waals surface area contributed by atoms with Crippen LogP contribution in [0.4, 0.5) is 5.95 Å². The summed E-state index contributed by atoms with van der Waals surface area (Å²) in [4.78, 5) is 31.6. The van der Waals surface area contributed by atoms with Crippen LogP contribution in [0.2, 0.25) is 0 Å². The summed E-state index contributed by atoms with van der Waals surface area (Å²) in [5.74, 6) is 0.871. The Bertz CT molecular complexity index is 1010. The van der Waals surface area contributed by atoms with Gasteiger partial charge in [-0.1, -0.05) is 29.8 Å². The second kappa shape index (κ2) is 10.7. The van der Waals surface area contributed by atoms with Gasteiger partial charge >= 0.3 is 0 Å². The molecule has 0 aliphatic carbocycles. The lowest BCUT2D eigenvalue weighted by Gasteiger charge is -2.34. The lowest BCUT2D eigenvalue weighted by Crippen LogP contribution is -2.47. The van der Waals surface area contributed by atoms with E-state index in [1.54, 1.807) is 23.7 Å². The van der Waals surface area contributed by atoms with Gasteiger partial charge in [0.15, 0.2) is 0 Å². The quantitative estimate of drug-likeness (QED) is 0.532. The number of aromatic nitrogens is 3. The van der Waals surface area contributed by atoms with Crippen LogP contribution in [-0.4, -0.2) is 65.0 Å². The van der Waals surface area contributed by atoms with Gasteiger partial charge in [-0.25, -0.2) is 15.0 Å². The van der Waals surface area contributed by atoms with Crippen LogP contribution in [0.1, 0.15) is 21.9 Å². The topological polar surface area (TPSA) is 74.2 Å². The molecule has 1 aliphatic heterocycles. The van der Waals surface area contributed by atoms with Crippen molar-refractivity contribution in [1.82, 2.24) is 25.2 Å². The first-order valence-electron chi connectivity index (χ1n) is 11.1. The molecule has 1 saturated heterocycles. The molecule has 3 aromatic rings. The van der Waals surface area contributed by atoms with Crippen molar-refractivity contribution in [3.63, 3.8) is 0 Å². The number of aryl methyl sites for hydroxylation is 2. The summed E-state index contributed by atoms with van der Waals surface area (Å²) >= 11 is 1.61. The van der Waals surface area contributed by atoms with Crippen LogP contribution in [0.25, 0.3) is 11.3 Å². The van der Waals surface area contributed by atoms with Crippen molar-refractivity contribution < 1.29 is 4.79 Å². The summed E-state index contributed by atoms with van der Waals surface area (Å²) in [7, 11) is 0. The van der Waals surface area contributed by atoms with Crippen molar-refractivity contribution in [3.05, 3.63) is 58.2 Å². The molecule has 168 valence electrons. The number of rotatable bonds is 8. The summed E-state index contributed by atoms with van der Waals surface area (Å²) in [6, 6.07) is 10.2. The van der Waals surface area contributed by atoms with E-state index in [2.05, 4.69) is 61.3 Å². The number of thiazole rings is 1. The Labute approximate surface area is 193 Å². The zero-order chi connectivity index (χ0) is 22.3. The first kappa shape index (κ1) is 22.4. The number of benzene rings is 1. The molecule has 0 spiro atoms. The van der Waals surface area contributed by atoms with Gasteiger partial charge in [-0.05, 0) is 32.9 Å². The fraction of sp³-hybridized carbons (Fsp3) is 0.417. The molecular weight excluding hydrogens is 420 g/mol. The highest BCUT2D eigenvalue weighted by atomic mass is 32.1. The van der Waals surface area contributed by atoms with Crippen LogP contribution < -0.4 is 10.2 Å². The van der Waals surface area contributed by atoms with Crippen molar-refractivity contribution in [1.29, 1.82) is 0 Å². The molecule has 0 bridgehead atoms. The van der Waals surface area contributed by atoms with E-state index in [1.807, 2.05) is 13.0 Å². The molecule has 1 N–H and O–H groups in total. The minimum absolute atomic E-state index is 0.0630. The molecule has 8 heteroatoms. The molecule has 0 radical (unpaired) electrons. The SMILES string of the molecule is Cc1ccc(-c2nc(C)sc2CC(=O)NCCCN2CCN(c3ncccn3)CC2)cc1. The molecule has 3 heterocycles. The zero-order valence-corrected chi connectivity index (χ0v) is 19.6. The average molecular weight is 451 g/mol. The van der Waals surface area contributed by atoms with Crippen molar-refractivity contribution >= 4 is 23.2 Å². The van der Waals surface area contributed by atoms with Gasteiger partial charge in [0.2, 0.25) is 11.9 Å². The third-order valence-electron chi connectivity index (χ3n) is 5.63. The van der Waals surface area contributed by atoms with E-state index >= 15 is 0 Å². The number of hydrogen-bond donors (Lipinski definition) is 1. The van der Waals surface area contributed by atoms with Crippen LogP contribution in [0.3, 0.4) is 0 Å². The van der Waals surface area contributed by atoms with Crippen LogP contribution in [-0.2, 0) is 11.2 Å². The number of anilines is 1. The van der Waals surface area contributed by atoms with Gasteiger partial charge in [-0.2, -0.15) is 0 Å². The molecule has 0 atom stereocenters. The zero-order valence-electron chi connectivity index (χ0n) is 18.8. The normalized spacial score (nSPS) is 14.5. The Hall–Kier alpha value is -2.84. The van der Waals surface area contributed by atoms with Gasteiger partial charge < -0.3 is 10.2 Å². The van der Waals surface area contributed by atoms with E-state index < -0.39 is 0 Å². The Morgan fingerprint density at radius 3 is 2.50 bits per heavy atom. The number of hydrogen-bond acceptors (Lipinski definition) is 7. The van der Waals surface area contributed by atoms with Crippen LogP contribution in [0, 0.1) is 13.8 Å². The van der Waals surface area contributed by atoms with Crippen LogP contribution >= 0.6 is 11.3 Å². The Morgan fingerprint density at radius 2 is 1.78 bits per heavy atom. The molecular formula is C24H30N6OS. The van der Waals surface area contributed by atoms with E-state index in [4.69, 9.17) is 0 Å². The third-order valence-corrected chi connectivity index (χ3v) is 6.60. The average Bonchev–Trinajstić information content (AvgIpc) is 3.18. The highest BCUT2D eigenvalue weighted by Gasteiger charge is 2.18. The smallest absolute Gasteiger partial charge is 0.225 e. The fourth-order valence-corrected chi connectivity index (χ4v) is 4.85. The Kier molecular flexibility index (Phi) is 7.44. The van der Waals surface area contributed by atoms with E-state index in [1.165, 1.54) is 5.56 Å². The molecule has 4 rings (SSSR count). The van der Waals surface area contributed by atoms with Crippen molar-refractivity contribution in [2.45, 2.75) is 26.7 Å². The molecule has 0 unspecified atom stereocenters. The lowest BCUT2D eigenvalue weighted by molar-refractivity contribution is -0.120. The van der Waals surface area contributed by atoms with Crippen molar-refractivity contribution in [2.24, 2.45) is 0 Å². The first-order valence-corrected chi connectivity index (χ1v) is 11.9. The number of carbonyl (C=O) groups excluding carboxylic acids is 1. The van der Waals surface area contributed by atoms with Gasteiger partial charge in [0.05, 0.1) is 17.1 Å². The number of nitrogens with one attached hydrogen (secondary N) is 1. The largest absolute Gasteiger partial charge is 0.356 e. The predicted octanol–water partition coefficient (Wildman–Crippen LogP) is 3.09. The van der Waals surface area contributed by atoms with Crippen molar-refractivity contribution in [2.75, 3.05) is 44.2 Å². The highest BCUT2D eigenvalue weighted by Crippen LogP contribution is 2.28. The maximum absolute atomic E-state index is 12.5. The molecule has 7 nitrogen and oxygen atoms in total. The van der Waals surface area contributed by atoms with Gasteiger partial charge in [-0.15, -0.1) is 11.3 Å². The first-order chi connectivity index (χ1) is 15.6. The molecule has 1 amide bonds. The monoisotopic (exact) mass is 450 g/mol. The summed E-state index contributed by atoms with van der Waals surface area (Å²) in [6.45, 7) is 9.59. The molecule has 1 aliphatic rings. The summed E-state index contributed by atoms with van der Waals surface area (Å²) in [6.07, 6.45) is 4.90. The maximum Gasteiger partial charge on any atom is 0.225 e. The number of nitrogens with zero attached hydrogens (tertiary/aromatic N) is 5. The Balaban J connectivity index is 1.19. The summed E-state index contributed by atoms with van der Waals surface area (Å²) in [5, 5.41) is 4.07. The van der Waals surface area contributed by atoms with E-state index in [0.717, 1.165) is 66.2 Å². The van der Waals surface area contributed by atoms with Gasteiger partial charge in [0.1, 0.15) is 0 Å². The minimum atomic E-state index is 0.0630. The number of amides is 1. The second-order valence-corrected chi connectivity index (χ2v) is 9.42. The molecule has 32 heavy (non-hydrogen) atoms. The lowest BCUT2D eigenvalue weighted by atomic mass is 10.1. The summed E-state index contributed by atoms with van der Waals surface area (Å²) in [5.41, 5.74) is 3.22. The maximum atomic E-state index is 12.5. The molecule has 1 fully saturated rings. The Morgan fingerprint density at radius 1 is 1.06 bits per heavy atom. The number of carbonyl (C=O) groups is 1. The molecule has 0 saturated carbocycles. The second-order valence-electron chi connectivity index (χ2n) is 8.13. The third kappa shape index (κ3) is 5.89. The van der Waals surface area contributed by atoms with Crippen LogP contribution in [0.15, 0.2) is 42.7 Å². The van der Waals surface area contributed by atoms with Gasteiger partial charge in [0, 0.05) is 55.6 Å². The van der Waals surface area contributed by atoms with E-state index in [9.17, 15) is 4.79 Å². The molecule has 1 aromatic carbocycles. The standard InChI is InChI=1S/C24H30N6OS/c1-18-5-7-20(8-6-18)23-21(32-19(2)28-23)17-22(31)25-11-4-12-29-13-15-30(16-14-29)24-26-9-3-10-27-24/h3,5-10H,4,11-17H2,1-2H3,(H,25,31).